The predicted molar refractivity (Wildman–Crippen MR) is 54.0 cm³/mol. The Morgan fingerprint density at radius 1 is 1.21 bits per heavy atom. The lowest BCUT2D eigenvalue weighted by molar-refractivity contribution is 0.591. The van der Waals surface area contributed by atoms with Gasteiger partial charge in [-0.2, -0.15) is 4.39 Å². The van der Waals surface area contributed by atoms with E-state index in [1.807, 2.05) is 0 Å². The van der Waals surface area contributed by atoms with Crippen molar-refractivity contribution in [3.05, 3.63) is 22.7 Å². The third kappa shape index (κ3) is 1.07. The monoisotopic (exact) mass is 208 g/mol. The molecule has 1 aliphatic rings. The molecule has 2 nitrogen and oxygen atoms in total. The zero-order chi connectivity index (χ0) is 9.54. The molecule has 0 aliphatic heterocycles. The number of halogens is 1. The summed E-state index contributed by atoms with van der Waals surface area (Å²) in [6.45, 7) is 0. The zero-order valence-corrected chi connectivity index (χ0v) is 8.40. The second-order valence-electron chi connectivity index (χ2n) is 3.56. The maximum atomic E-state index is 13.5. The zero-order valence-electron chi connectivity index (χ0n) is 7.59. The van der Waals surface area contributed by atoms with E-state index in [1.54, 1.807) is 11.3 Å². The second kappa shape index (κ2) is 2.98. The van der Waals surface area contributed by atoms with Crippen LogP contribution >= 0.6 is 11.3 Å². The first kappa shape index (κ1) is 8.29. The van der Waals surface area contributed by atoms with Gasteiger partial charge in [-0.15, -0.1) is 11.3 Å². The molecule has 2 aromatic rings. The van der Waals surface area contributed by atoms with Crippen LogP contribution in [-0.2, 0) is 12.8 Å². The molecule has 0 amide bonds. The van der Waals surface area contributed by atoms with Gasteiger partial charge in [-0.3, -0.25) is 0 Å². The Labute approximate surface area is 84.8 Å². The molecule has 4 heteroatoms. The molecule has 0 spiro atoms. The van der Waals surface area contributed by atoms with Crippen LogP contribution in [0.2, 0.25) is 0 Å². The van der Waals surface area contributed by atoms with Crippen LogP contribution in [0.1, 0.15) is 23.3 Å². The Hall–Kier alpha value is -1.03. The maximum Gasteiger partial charge on any atom is 0.224 e. The van der Waals surface area contributed by atoms with E-state index >= 15 is 0 Å². The first-order chi connectivity index (χ1) is 6.86. The van der Waals surface area contributed by atoms with Gasteiger partial charge >= 0.3 is 0 Å². The van der Waals surface area contributed by atoms with Crippen molar-refractivity contribution in [3.63, 3.8) is 0 Å². The summed E-state index contributed by atoms with van der Waals surface area (Å²) in [4.78, 5) is 9.85. The van der Waals surface area contributed by atoms with Crippen LogP contribution in [0.5, 0.6) is 0 Å². The van der Waals surface area contributed by atoms with Crippen molar-refractivity contribution < 1.29 is 4.39 Å². The molecule has 2 aromatic heterocycles. The van der Waals surface area contributed by atoms with Crippen molar-refractivity contribution in [3.8, 4) is 0 Å². The number of rotatable bonds is 0. The first-order valence-electron chi connectivity index (χ1n) is 4.77. The number of aromatic nitrogens is 2. The topological polar surface area (TPSA) is 25.8 Å². The molecule has 0 radical (unpaired) electrons. The molecule has 0 bridgehead atoms. The first-order valence-corrected chi connectivity index (χ1v) is 5.58. The fourth-order valence-corrected chi connectivity index (χ4v) is 3.27. The molecule has 0 aromatic carbocycles. The minimum Gasteiger partial charge on any atom is -0.225 e. The number of thiophene rings is 1. The summed E-state index contributed by atoms with van der Waals surface area (Å²) in [5.74, 6) is -0.352. The molecule has 0 N–H and O–H groups in total. The fourth-order valence-electron chi connectivity index (χ4n) is 2.05. The van der Waals surface area contributed by atoms with Crippen molar-refractivity contribution in [1.29, 1.82) is 0 Å². The van der Waals surface area contributed by atoms with Crippen LogP contribution in [-0.4, -0.2) is 9.97 Å². The van der Waals surface area contributed by atoms with Crippen molar-refractivity contribution in [1.82, 2.24) is 9.97 Å². The number of hydrogen-bond acceptors (Lipinski definition) is 3. The van der Waals surface area contributed by atoms with Crippen LogP contribution < -0.4 is 0 Å². The highest BCUT2D eigenvalue weighted by Gasteiger charge is 2.19. The van der Waals surface area contributed by atoms with E-state index in [4.69, 9.17) is 0 Å². The van der Waals surface area contributed by atoms with E-state index in [0.29, 0.717) is 5.39 Å². The van der Waals surface area contributed by atoms with Crippen LogP contribution in [0.25, 0.3) is 10.2 Å². The summed E-state index contributed by atoms with van der Waals surface area (Å²) >= 11 is 1.62. The van der Waals surface area contributed by atoms with Gasteiger partial charge in [0.25, 0.3) is 0 Å². The van der Waals surface area contributed by atoms with E-state index in [2.05, 4.69) is 9.97 Å². The molecule has 0 fully saturated rings. The predicted octanol–water partition coefficient (Wildman–Crippen LogP) is 2.71. The molecule has 14 heavy (non-hydrogen) atoms. The summed E-state index contributed by atoms with van der Waals surface area (Å²) in [6.07, 6.45) is 5.75. The summed E-state index contributed by atoms with van der Waals surface area (Å²) < 4.78 is 13.5. The van der Waals surface area contributed by atoms with Crippen LogP contribution in [0, 0.1) is 5.95 Å². The molecule has 1 aliphatic carbocycles. The molecule has 0 atom stereocenters. The van der Waals surface area contributed by atoms with Gasteiger partial charge in [0.15, 0.2) is 0 Å². The van der Waals surface area contributed by atoms with Crippen molar-refractivity contribution >= 4 is 21.6 Å². The smallest absolute Gasteiger partial charge is 0.224 e. The summed E-state index contributed by atoms with van der Waals surface area (Å²) in [5.41, 5.74) is 1.16. The van der Waals surface area contributed by atoms with Crippen LogP contribution in [0.4, 0.5) is 4.39 Å². The Morgan fingerprint density at radius 3 is 3.00 bits per heavy atom. The summed E-state index contributed by atoms with van der Waals surface area (Å²) in [7, 11) is 0. The molecule has 0 saturated heterocycles. The third-order valence-corrected chi connectivity index (χ3v) is 3.90. The van der Waals surface area contributed by atoms with Crippen molar-refractivity contribution in [2.24, 2.45) is 0 Å². The maximum absolute atomic E-state index is 13.5. The third-order valence-electron chi connectivity index (χ3n) is 2.71. The summed E-state index contributed by atoms with van der Waals surface area (Å²) in [5, 5.41) is 0.673. The van der Waals surface area contributed by atoms with E-state index < -0.39 is 0 Å². The average molecular weight is 208 g/mol. The lowest BCUT2D eigenvalue weighted by Gasteiger charge is -2.09. The molecular formula is C10H9FN2S. The number of hydrogen-bond donors (Lipinski definition) is 0. The number of aryl methyl sites for hydroxylation is 2. The quantitative estimate of drug-likeness (QED) is 0.622. The Balaban J connectivity index is 2.38. The standard InChI is InChI=1S/C10H9FN2S/c11-9-8-6-3-1-2-4-7(6)14-10(8)13-5-12-9/h5H,1-4H2. The van der Waals surface area contributed by atoms with E-state index in [9.17, 15) is 4.39 Å². The Bertz CT molecular complexity index is 492. The lowest BCUT2D eigenvalue weighted by atomic mass is 9.97. The number of nitrogens with zero attached hydrogens (tertiary/aromatic N) is 2. The van der Waals surface area contributed by atoms with Gasteiger partial charge in [0.1, 0.15) is 11.2 Å². The van der Waals surface area contributed by atoms with Crippen LogP contribution in [0.15, 0.2) is 6.33 Å². The lowest BCUT2D eigenvalue weighted by Crippen LogP contribution is -1.99. The second-order valence-corrected chi connectivity index (χ2v) is 4.64. The summed E-state index contributed by atoms with van der Waals surface area (Å²) in [6, 6.07) is 0. The highest BCUT2D eigenvalue weighted by atomic mass is 32.1. The van der Waals surface area contributed by atoms with Gasteiger partial charge in [0.05, 0.1) is 5.39 Å². The minimum atomic E-state index is -0.352. The molecule has 72 valence electrons. The van der Waals surface area contributed by atoms with E-state index in [1.165, 1.54) is 17.6 Å². The highest BCUT2D eigenvalue weighted by molar-refractivity contribution is 7.18. The van der Waals surface area contributed by atoms with Gasteiger partial charge in [0.2, 0.25) is 5.95 Å². The van der Waals surface area contributed by atoms with Crippen molar-refractivity contribution in [2.45, 2.75) is 25.7 Å². The number of fused-ring (bicyclic) bond motifs is 3. The highest BCUT2D eigenvalue weighted by Crippen LogP contribution is 2.35. The van der Waals surface area contributed by atoms with Gasteiger partial charge in [-0.1, -0.05) is 0 Å². The molecular weight excluding hydrogens is 199 g/mol. The van der Waals surface area contributed by atoms with Gasteiger partial charge in [0, 0.05) is 4.88 Å². The van der Waals surface area contributed by atoms with Crippen molar-refractivity contribution in [2.75, 3.05) is 0 Å². The van der Waals surface area contributed by atoms with Gasteiger partial charge in [-0.05, 0) is 31.2 Å². The van der Waals surface area contributed by atoms with E-state index in [0.717, 1.165) is 29.7 Å². The van der Waals surface area contributed by atoms with E-state index in [-0.39, 0.29) is 5.95 Å². The Kier molecular flexibility index (Phi) is 1.77. The average Bonchev–Trinajstić information content (AvgIpc) is 2.57. The minimum absolute atomic E-state index is 0.352. The molecule has 2 heterocycles. The Morgan fingerprint density at radius 2 is 2.07 bits per heavy atom. The molecule has 0 unspecified atom stereocenters. The van der Waals surface area contributed by atoms with Gasteiger partial charge in [-0.25, -0.2) is 9.97 Å². The van der Waals surface area contributed by atoms with Gasteiger partial charge < -0.3 is 0 Å². The largest absolute Gasteiger partial charge is 0.225 e. The normalized spacial score (nSPS) is 15.8. The fraction of sp³-hybridized carbons (Fsp3) is 0.400. The SMILES string of the molecule is Fc1ncnc2sc3c(c12)CCCC3. The van der Waals surface area contributed by atoms with Crippen LogP contribution in [0.3, 0.4) is 0 Å². The molecule has 3 rings (SSSR count). The molecule has 0 saturated carbocycles.